The van der Waals surface area contributed by atoms with Crippen molar-refractivity contribution in [3.63, 3.8) is 0 Å². The SMILES string of the molecule is CC(Nc1ccc(C#N)c(Cl)c1)c1csc(Cl)c1. The minimum absolute atomic E-state index is 0.137. The lowest BCUT2D eigenvalue weighted by atomic mass is 10.1. The summed E-state index contributed by atoms with van der Waals surface area (Å²) >= 11 is 13.4. The molecule has 2 nitrogen and oxygen atoms in total. The second-order valence-electron chi connectivity index (χ2n) is 3.86. The van der Waals surface area contributed by atoms with Crippen LogP contribution in [0.3, 0.4) is 0 Å². The molecule has 1 N–H and O–H groups in total. The monoisotopic (exact) mass is 296 g/mol. The van der Waals surface area contributed by atoms with Crippen molar-refractivity contribution in [2.45, 2.75) is 13.0 Å². The zero-order valence-electron chi connectivity index (χ0n) is 9.58. The van der Waals surface area contributed by atoms with Crippen LogP contribution >= 0.6 is 34.5 Å². The first-order chi connectivity index (χ1) is 8.60. The van der Waals surface area contributed by atoms with Crippen LogP contribution in [0, 0.1) is 11.3 Å². The first-order valence-electron chi connectivity index (χ1n) is 5.30. The third kappa shape index (κ3) is 2.97. The molecule has 0 fully saturated rings. The van der Waals surface area contributed by atoms with E-state index in [1.165, 1.54) is 11.3 Å². The van der Waals surface area contributed by atoms with Gasteiger partial charge < -0.3 is 5.32 Å². The highest BCUT2D eigenvalue weighted by Crippen LogP contribution is 2.28. The molecule has 0 aliphatic carbocycles. The van der Waals surface area contributed by atoms with E-state index in [1.807, 2.05) is 30.5 Å². The van der Waals surface area contributed by atoms with Crippen molar-refractivity contribution in [2.24, 2.45) is 0 Å². The molecule has 1 aromatic heterocycles. The molecule has 1 aromatic carbocycles. The van der Waals surface area contributed by atoms with Crippen molar-refractivity contribution >= 4 is 40.2 Å². The first-order valence-corrected chi connectivity index (χ1v) is 6.94. The molecule has 5 heteroatoms. The topological polar surface area (TPSA) is 35.8 Å². The summed E-state index contributed by atoms with van der Waals surface area (Å²) in [5.41, 5.74) is 2.49. The Morgan fingerprint density at radius 3 is 2.67 bits per heavy atom. The van der Waals surface area contributed by atoms with Gasteiger partial charge in [-0.15, -0.1) is 11.3 Å². The Labute approximate surface area is 120 Å². The standard InChI is InChI=1S/C13H10Cl2N2S/c1-8(10-4-13(15)18-7-10)17-11-3-2-9(6-16)12(14)5-11/h2-5,7-8,17H,1H3. The van der Waals surface area contributed by atoms with Crippen LogP contribution in [0.4, 0.5) is 5.69 Å². The number of rotatable bonds is 3. The van der Waals surface area contributed by atoms with Crippen LogP contribution in [-0.2, 0) is 0 Å². The molecule has 1 atom stereocenters. The summed E-state index contributed by atoms with van der Waals surface area (Å²) in [6.45, 7) is 2.05. The molecular formula is C13H10Cl2N2S. The minimum Gasteiger partial charge on any atom is -0.378 e. The molecule has 2 rings (SSSR count). The summed E-state index contributed by atoms with van der Waals surface area (Å²) in [7, 11) is 0. The molecule has 92 valence electrons. The number of thiophene rings is 1. The molecule has 0 aliphatic heterocycles. The van der Waals surface area contributed by atoms with Crippen LogP contribution in [0.2, 0.25) is 9.36 Å². The molecule has 0 spiro atoms. The Morgan fingerprint density at radius 1 is 1.33 bits per heavy atom. The van der Waals surface area contributed by atoms with Gasteiger partial charge in [0, 0.05) is 11.7 Å². The normalized spacial score (nSPS) is 11.9. The van der Waals surface area contributed by atoms with Crippen molar-refractivity contribution in [2.75, 3.05) is 5.32 Å². The number of nitriles is 1. The number of hydrogen-bond donors (Lipinski definition) is 1. The molecule has 0 saturated heterocycles. The fourth-order valence-electron chi connectivity index (χ4n) is 1.58. The minimum atomic E-state index is 0.137. The molecule has 1 unspecified atom stereocenters. The fourth-order valence-corrected chi connectivity index (χ4v) is 2.79. The lowest BCUT2D eigenvalue weighted by Gasteiger charge is -2.14. The Bertz CT molecular complexity index is 601. The summed E-state index contributed by atoms with van der Waals surface area (Å²) in [6, 6.07) is 9.41. The lowest BCUT2D eigenvalue weighted by Crippen LogP contribution is -2.05. The molecule has 0 aliphatic rings. The van der Waals surface area contributed by atoms with Crippen molar-refractivity contribution in [3.8, 4) is 6.07 Å². The maximum atomic E-state index is 8.80. The van der Waals surface area contributed by atoms with Gasteiger partial charge in [0.1, 0.15) is 6.07 Å². The van der Waals surface area contributed by atoms with Crippen LogP contribution in [0.1, 0.15) is 24.1 Å². The van der Waals surface area contributed by atoms with Gasteiger partial charge in [-0.3, -0.25) is 0 Å². The van der Waals surface area contributed by atoms with E-state index in [1.54, 1.807) is 12.1 Å². The molecule has 0 saturated carbocycles. The van der Waals surface area contributed by atoms with Gasteiger partial charge in [0.25, 0.3) is 0 Å². The lowest BCUT2D eigenvalue weighted by molar-refractivity contribution is 0.890. The molecule has 0 bridgehead atoms. The quantitative estimate of drug-likeness (QED) is 0.855. The third-order valence-electron chi connectivity index (χ3n) is 2.56. The van der Waals surface area contributed by atoms with E-state index in [9.17, 15) is 0 Å². The maximum absolute atomic E-state index is 8.80. The van der Waals surface area contributed by atoms with E-state index in [4.69, 9.17) is 28.5 Å². The molecule has 1 heterocycles. The maximum Gasteiger partial charge on any atom is 0.101 e. The Balaban J connectivity index is 2.15. The van der Waals surface area contributed by atoms with Crippen molar-refractivity contribution in [1.29, 1.82) is 5.26 Å². The van der Waals surface area contributed by atoms with Gasteiger partial charge >= 0.3 is 0 Å². The largest absolute Gasteiger partial charge is 0.378 e. The highest BCUT2D eigenvalue weighted by molar-refractivity contribution is 7.14. The van der Waals surface area contributed by atoms with Gasteiger partial charge in [0.2, 0.25) is 0 Å². The predicted molar refractivity (Wildman–Crippen MR) is 77.5 cm³/mol. The van der Waals surface area contributed by atoms with E-state index in [2.05, 4.69) is 5.32 Å². The predicted octanol–water partition coefficient (Wildman–Crippen LogP) is 5.10. The van der Waals surface area contributed by atoms with Gasteiger partial charge in [-0.2, -0.15) is 5.26 Å². The van der Waals surface area contributed by atoms with E-state index >= 15 is 0 Å². The van der Waals surface area contributed by atoms with Crippen LogP contribution in [0.15, 0.2) is 29.6 Å². The highest BCUT2D eigenvalue weighted by Gasteiger charge is 2.08. The Morgan fingerprint density at radius 2 is 2.11 bits per heavy atom. The molecular weight excluding hydrogens is 287 g/mol. The summed E-state index contributed by atoms with van der Waals surface area (Å²) in [5.74, 6) is 0. The smallest absolute Gasteiger partial charge is 0.101 e. The second kappa shape index (κ2) is 5.62. The molecule has 0 amide bonds. The summed E-state index contributed by atoms with van der Waals surface area (Å²) in [4.78, 5) is 0. The number of halogens is 2. The van der Waals surface area contributed by atoms with Crippen molar-refractivity contribution in [1.82, 2.24) is 0 Å². The fraction of sp³-hybridized carbons (Fsp3) is 0.154. The van der Waals surface area contributed by atoms with Crippen molar-refractivity contribution < 1.29 is 0 Å². The van der Waals surface area contributed by atoms with E-state index in [0.29, 0.717) is 10.6 Å². The second-order valence-corrected chi connectivity index (χ2v) is 5.81. The molecule has 2 aromatic rings. The van der Waals surface area contributed by atoms with E-state index in [-0.39, 0.29) is 6.04 Å². The average molecular weight is 297 g/mol. The van der Waals surface area contributed by atoms with Crippen molar-refractivity contribution in [3.05, 3.63) is 50.1 Å². The first kappa shape index (κ1) is 13.2. The van der Waals surface area contributed by atoms with Crippen LogP contribution in [-0.4, -0.2) is 0 Å². The van der Waals surface area contributed by atoms with Gasteiger partial charge in [0.05, 0.1) is 14.9 Å². The van der Waals surface area contributed by atoms with E-state index in [0.717, 1.165) is 15.6 Å². The zero-order chi connectivity index (χ0) is 13.1. The highest BCUT2D eigenvalue weighted by atomic mass is 35.5. The zero-order valence-corrected chi connectivity index (χ0v) is 11.9. The Kier molecular flexibility index (Phi) is 4.13. The summed E-state index contributed by atoms with van der Waals surface area (Å²) in [6.07, 6.45) is 0. The van der Waals surface area contributed by atoms with Gasteiger partial charge in [-0.1, -0.05) is 23.2 Å². The average Bonchev–Trinajstić information content (AvgIpc) is 2.76. The molecule has 0 radical (unpaired) electrons. The van der Waals surface area contributed by atoms with Gasteiger partial charge in [0.15, 0.2) is 0 Å². The van der Waals surface area contributed by atoms with Crippen LogP contribution < -0.4 is 5.32 Å². The van der Waals surface area contributed by atoms with Gasteiger partial charge in [-0.05, 0) is 42.1 Å². The number of nitrogens with one attached hydrogen (secondary N) is 1. The van der Waals surface area contributed by atoms with Gasteiger partial charge in [-0.25, -0.2) is 0 Å². The van der Waals surface area contributed by atoms with Crippen LogP contribution in [0.5, 0.6) is 0 Å². The Hall–Kier alpha value is -1.21. The van der Waals surface area contributed by atoms with E-state index < -0.39 is 0 Å². The van der Waals surface area contributed by atoms with Crippen LogP contribution in [0.25, 0.3) is 0 Å². The number of anilines is 1. The summed E-state index contributed by atoms with van der Waals surface area (Å²) in [5, 5.41) is 14.6. The third-order valence-corrected chi connectivity index (χ3v) is 3.98. The number of hydrogen-bond acceptors (Lipinski definition) is 3. The number of nitrogens with zero attached hydrogens (tertiary/aromatic N) is 1. The molecule has 18 heavy (non-hydrogen) atoms. The number of benzene rings is 1. The summed E-state index contributed by atoms with van der Waals surface area (Å²) < 4.78 is 0.775.